The number of carbonyl (C=O) groups is 1. The van der Waals surface area contributed by atoms with E-state index in [0.29, 0.717) is 0 Å². The highest BCUT2D eigenvalue weighted by atomic mass is 32.2. The molecule has 26 heavy (non-hydrogen) atoms. The number of hydrogen-bond acceptors (Lipinski definition) is 5. The fourth-order valence-corrected chi connectivity index (χ4v) is 4.74. The van der Waals surface area contributed by atoms with E-state index in [4.69, 9.17) is 0 Å². The number of amides is 1. The van der Waals surface area contributed by atoms with Crippen LogP contribution in [0.1, 0.15) is 46.0 Å². The van der Waals surface area contributed by atoms with Crippen molar-refractivity contribution in [1.82, 2.24) is 20.1 Å². The molecule has 0 saturated carbocycles. The largest absolute Gasteiger partial charge is 0.355 e. The second-order valence-corrected chi connectivity index (χ2v) is 8.69. The number of nitrogens with zero attached hydrogens (tertiary/aromatic N) is 3. The highest BCUT2D eigenvalue weighted by molar-refractivity contribution is 8.00. The number of aromatic nitrogens is 3. The van der Waals surface area contributed by atoms with E-state index in [2.05, 4.69) is 33.1 Å². The molecular weight excluding hydrogens is 364 g/mol. The quantitative estimate of drug-likeness (QED) is 0.532. The Morgan fingerprint density at radius 3 is 3.00 bits per heavy atom. The van der Waals surface area contributed by atoms with Gasteiger partial charge in [-0.05, 0) is 57.4 Å². The Morgan fingerprint density at radius 1 is 1.42 bits per heavy atom. The zero-order chi connectivity index (χ0) is 18.4. The number of hydrogen-bond donors (Lipinski definition) is 1. The summed E-state index contributed by atoms with van der Waals surface area (Å²) in [4.78, 5) is 13.5. The number of carbonyl (C=O) groups excluding carboxylic acids is 1. The number of thioether (sulfide) groups is 1. The monoisotopic (exact) mass is 390 g/mol. The molecule has 0 bridgehead atoms. The molecule has 1 amide bonds. The molecule has 1 atom stereocenters. The van der Waals surface area contributed by atoms with Crippen molar-refractivity contribution in [2.24, 2.45) is 0 Å². The van der Waals surface area contributed by atoms with Crippen LogP contribution in [0.4, 0.5) is 0 Å². The Bertz CT molecular complexity index is 752. The minimum atomic E-state index is -0.193. The topological polar surface area (TPSA) is 59.8 Å². The van der Waals surface area contributed by atoms with E-state index < -0.39 is 0 Å². The Balaban J connectivity index is 1.54. The number of thiophene rings is 1. The second kappa shape index (κ2) is 9.37. The SMILES string of the molecule is CCn1c(SC(C)C(=O)NCCC2=CCCCC2)nnc1-c1cccs1. The van der Waals surface area contributed by atoms with Gasteiger partial charge in [0.05, 0.1) is 10.1 Å². The first-order chi connectivity index (χ1) is 12.7. The normalized spacial score (nSPS) is 15.5. The molecule has 2 heterocycles. The van der Waals surface area contributed by atoms with Gasteiger partial charge < -0.3 is 9.88 Å². The zero-order valence-corrected chi connectivity index (χ0v) is 17.0. The van der Waals surface area contributed by atoms with Gasteiger partial charge in [0.15, 0.2) is 11.0 Å². The van der Waals surface area contributed by atoms with Crippen molar-refractivity contribution in [2.45, 2.75) is 62.9 Å². The lowest BCUT2D eigenvalue weighted by Crippen LogP contribution is -2.32. The minimum absolute atomic E-state index is 0.0646. The van der Waals surface area contributed by atoms with Crippen LogP contribution in [0.5, 0.6) is 0 Å². The Kier molecular flexibility index (Phi) is 6.91. The molecule has 0 spiro atoms. The molecule has 2 aromatic heterocycles. The average molecular weight is 391 g/mol. The van der Waals surface area contributed by atoms with Gasteiger partial charge in [-0.1, -0.05) is 29.5 Å². The van der Waals surface area contributed by atoms with E-state index in [-0.39, 0.29) is 11.2 Å². The molecule has 140 valence electrons. The summed E-state index contributed by atoms with van der Waals surface area (Å²) in [7, 11) is 0. The average Bonchev–Trinajstić information content (AvgIpc) is 3.31. The Hall–Kier alpha value is -1.60. The van der Waals surface area contributed by atoms with E-state index in [9.17, 15) is 4.79 Å². The number of rotatable bonds is 8. The molecule has 0 saturated heterocycles. The van der Waals surface area contributed by atoms with Crippen LogP contribution in [0.15, 0.2) is 34.3 Å². The fraction of sp³-hybridized carbons (Fsp3) is 0.526. The van der Waals surface area contributed by atoms with Crippen LogP contribution in [-0.4, -0.2) is 32.5 Å². The Morgan fingerprint density at radius 2 is 2.31 bits per heavy atom. The van der Waals surface area contributed by atoms with Crippen LogP contribution >= 0.6 is 23.1 Å². The molecule has 1 N–H and O–H groups in total. The lowest BCUT2D eigenvalue weighted by molar-refractivity contribution is -0.120. The first-order valence-corrected chi connectivity index (χ1v) is 11.0. The van der Waals surface area contributed by atoms with E-state index in [1.807, 2.05) is 24.4 Å². The van der Waals surface area contributed by atoms with Gasteiger partial charge in [0.2, 0.25) is 5.91 Å². The van der Waals surface area contributed by atoms with Crippen molar-refractivity contribution in [3.63, 3.8) is 0 Å². The van der Waals surface area contributed by atoms with Crippen LogP contribution in [-0.2, 0) is 11.3 Å². The highest BCUT2D eigenvalue weighted by Crippen LogP contribution is 2.29. The summed E-state index contributed by atoms with van der Waals surface area (Å²) >= 11 is 3.13. The second-order valence-electron chi connectivity index (χ2n) is 6.44. The first kappa shape index (κ1) is 19.2. The molecule has 2 aromatic rings. The van der Waals surface area contributed by atoms with E-state index in [1.165, 1.54) is 43.0 Å². The van der Waals surface area contributed by atoms with E-state index in [0.717, 1.165) is 35.4 Å². The zero-order valence-electron chi connectivity index (χ0n) is 15.4. The van der Waals surface area contributed by atoms with Crippen molar-refractivity contribution in [2.75, 3.05) is 6.54 Å². The maximum atomic E-state index is 12.4. The van der Waals surface area contributed by atoms with Crippen molar-refractivity contribution in [3.05, 3.63) is 29.2 Å². The maximum absolute atomic E-state index is 12.4. The van der Waals surface area contributed by atoms with Gasteiger partial charge in [-0.15, -0.1) is 21.5 Å². The predicted molar refractivity (Wildman–Crippen MR) is 109 cm³/mol. The molecule has 7 heteroatoms. The molecule has 5 nitrogen and oxygen atoms in total. The van der Waals surface area contributed by atoms with Crippen molar-refractivity contribution in [1.29, 1.82) is 0 Å². The molecule has 1 aliphatic carbocycles. The molecule has 0 aliphatic heterocycles. The van der Waals surface area contributed by atoms with Gasteiger partial charge in [-0.3, -0.25) is 4.79 Å². The molecule has 0 fully saturated rings. The van der Waals surface area contributed by atoms with E-state index >= 15 is 0 Å². The summed E-state index contributed by atoms with van der Waals surface area (Å²) in [6, 6.07) is 4.06. The van der Waals surface area contributed by atoms with Crippen LogP contribution in [0, 0.1) is 0 Å². The third-order valence-electron chi connectivity index (χ3n) is 4.56. The molecule has 1 aliphatic rings. The minimum Gasteiger partial charge on any atom is -0.355 e. The molecule has 1 unspecified atom stereocenters. The van der Waals surface area contributed by atoms with Crippen LogP contribution < -0.4 is 5.32 Å². The maximum Gasteiger partial charge on any atom is 0.233 e. The third-order valence-corrected chi connectivity index (χ3v) is 6.50. The fourth-order valence-electron chi connectivity index (χ4n) is 3.08. The van der Waals surface area contributed by atoms with Gasteiger partial charge in [0.25, 0.3) is 0 Å². The van der Waals surface area contributed by atoms with Crippen LogP contribution in [0.3, 0.4) is 0 Å². The van der Waals surface area contributed by atoms with Crippen LogP contribution in [0.2, 0.25) is 0 Å². The third kappa shape index (κ3) is 4.76. The van der Waals surface area contributed by atoms with Crippen molar-refractivity contribution < 1.29 is 4.79 Å². The predicted octanol–water partition coefficient (Wildman–Crippen LogP) is 4.51. The van der Waals surface area contributed by atoms with Crippen molar-refractivity contribution >= 4 is 29.0 Å². The van der Waals surface area contributed by atoms with Gasteiger partial charge in [-0.25, -0.2) is 0 Å². The van der Waals surface area contributed by atoms with Crippen LogP contribution in [0.25, 0.3) is 10.7 Å². The molecule has 0 aromatic carbocycles. The Labute approximate surface area is 163 Å². The summed E-state index contributed by atoms with van der Waals surface area (Å²) in [6.07, 6.45) is 8.26. The summed E-state index contributed by atoms with van der Waals surface area (Å²) in [5.74, 6) is 0.941. The number of nitrogens with one attached hydrogen (secondary N) is 1. The lowest BCUT2D eigenvalue weighted by Gasteiger charge is -2.15. The summed E-state index contributed by atoms with van der Waals surface area (Å²) in [6.45, 7) is 5.51. The highest BCUT2D eigenvalue weighted by Gasteiger charge is 2.20. The van der Waals surface area contributed by atoms with Crippen molar-refractivity contribution in [3.8, 4) is 10.7 Å². The summed E-state index contributed by atoms with van der Waals surface area (Å²) < 4.78 is 2.08. The van der Waals surface area contributed by atoms with Gasteiger partial charge >= 0.3 is 0 Å². The smallest absolute Gasteiger partial charge is 0.233 e. The lowest BCUT2D eigenvalue weighted by atomic mass is 9.97. The van der Waals surface area contributed by atoms with E-state index in [1.54, 1.807) is 11.3 Å². The number of allylic oxidation sites excluding steroid dienone is 1. The van der Waals surface area contributed by atoms with Gasteiger partial charge in [0, 0.05) is 13.1 Å². The molecular formula is C19H26N4OS2. The van der Waals surface area contributed by atoms with Gasteiger partial charge in [0.1, 0.15) is 0 Å². The first-order valence-electron chi connectivity index (χ1n) is 9.28. The standard InChI is InChI=1S/C19H26N4OS2/c1-3-23-17(16-10-7-13-25-16)21-22-19(23)26-14(2)18(24)20-12-11-15-8-5-4-6-9-15/h7-8,10,13-14H,3-6,9,11-12H2,1-2H3,(H,20,24). The van der Waals surface area contributed by atoms with Gasteiger partial charge in [-0.2, -0.15) is 0 Å². The molecule has 3 rings (SSSR count). The molecule has 0 radical (unpaired) electrons. The summed E-state index contributed by atoms with van der Waals surface area (Å²) in [5, 5.41) is 14.3. The summed E-state index contributed by atoms with van der Waals surface area (Å²) in [5.41, 5.74) is 1.49.